The number of aliphatic hydroxyl groups excluding tert-OH is 1. The standard InChI is InChI=1S/C13H23NO3/c1-5-7-13(10-15)8-6-9-14(13)11(16)17-12(2,3)4/h5,15H,1,6-10H2,2-4H3/t13-/m0/s1. The molecule has 0 bridgehead atoms. The van der Waals surface area contributed by atoms with Crippen molar-refractivity contribution in [2.45, 2.75) is 51.2 Å². The number of nitrogens with zero attached hydrogens (tertiary/aromatic N) is 1. The molecule has 1 fully saturated rings. The summed E-state index contributed by atoms with van der Waals surface area (Å²) in [5, 5.41) is 9.57. The van der Waals surface area contributed by atoms with Crippen molar-refractivity contribution in [2.24, 2.45) is 0 Å². The fourth-order valence-electron chi connectivity index (χ4n) is 2.25. The van der Waals surface area contributed by atoms with Crippen molar-refractivity contribution in [1.29, 1.82) is 0 Å². The maximum atomic E-state index is 12.1. The topological polar surface area (TPSA) is 49.8 Å². The van der Waals surface area contributed by atoms with Crippen molar-refractivity contribution in [2.75, 3.05) is 13.2 Å². The number of aliphatic hydroxyl groups is 1. The van der Waals surface area contributed by atoms with Gasteiger partial charge >= 0.3 is 6.09 Å². The van der Waals surface area contributed by atoms with E-state index in [9.17, 15) is 9.90 Å². The minimum atomic E-state index is -0.510. The molecule has 1 aliphatic rings. The molecule has 1 saturated heterocycles. The van der Waals surface area contributed by atoms with Crippen LogP contribution in [0.4, 0.5) is 4.79 Å². The van der Waals surface area contributed by atoms with Crippen LogP contribution < -0.4 is 0 Å². The molecule has 0 spiro atoms. The summed E-state index contributed by atoms with van der Waals surface area (Å²) in [7, 11) is 0. The zero-order valence-electron chi connectivity index (χ0n) is 11.0. The highest BCUT2D eigenvalue weighted by Gasteiger charge is 2.43. The summed E-state index contributed by atoms with van der Waals surface area (Å²) < 4.78 is 5.37. The largest absolute Gasteiger partial charge is 0.444 e. The van der Waals surface area contributed by atoms with Gasteiger partial charge in [0.25, 0.3) is 0 Å². The van der Waals surface area contributed by atoms with E-state index in [4.69, 9.17) is 4.74 Å². The van der Waals surface area contributed by atoms with E-state index in [1.807, 2.05) is 20.8 Å². The Morgan fingerprint density at radius 3 is 2.71 bits per heavy atom. The highest BCUT2D eigenvalue weighted by molar-refractivity contribution is 5.69. The number of hydrogen-bond acceptors (Lipinski definition) is 3. The first-order valence-electron chi connectivity index (χ1n) is 6.07. The Kier molecular flexibility index (Phi) is 4.20. The van der Waals surface area contributed by atoms with Gasteiger partial charge in [-0.1, -0.05) is 6.08 Å². The molecule has 0 aliphatic carbocycles. The van der Waals surface area contributed by atoms with E-state index in [0.29, 0.717) is 13.0 Å². The molecule has 4 nitrogen and oxygen atoms in total. The molecule has 1 heterocycles. The molecule has 0 radical (unpaired) electrons. The lowest BCUT2D eigenvalue weighted by atomic mass is 9.93. The summed E-state index contributed by atoms with van der Waals surface area (Å²) in [5.41, 5.74) is -1.01. The summed E-state index contributed by atoms with van der Waals surface area (Å²) >= 11 is 0. The Balaban J connectivity index is 2.80. The van der Waals surface area contributed by atoms with Gasteiger partial charge < -0.3 is 9.84 Å². The minimum absolute atomic E-state index is 0.0434. The van der Waals surface area contributed by atoms with E-state index in [1.165, 1.54) is 0 Å². The normalized spacial score (nSPS) is 24.8. The number of likely N-dealkylation sites (tertiary alicyclic amines) is 1. The smallest absolute Gasteiger partial charge is 0.410 e. The lowest BCUT2D eigenvalue weighted by molar-refractivity contribution is -0.00390. The van der Waals surface area contributed by atoms with Crippen LogP contribution in [0, 0.1) is 0 Å². The molecule has 0 unspecified atom stereocenters. The van der Waals surface area contributed by atoms with Crippen molar-refractivity contribution in [3.8, 4) is 0 Å². The number of rotatable bonds is 3. The molecule has 1 rings (SSSR count). The second kappa shape index (κ2) is 5.08. The number of amides is 1. The van der Waals surface area contributed by atoms with Crippen LogP contribution in [0.25, 0.3) is 0 Å². The van der Waals surface area contributed by atoms with Gasteiger partial charge in [-0.15, -0.1) is 6.58 Å². The van der Waals surface area contributed by atoms with Gasteiger partial charge in [-0.3, -0.25) is 4.90 Å². The molecule has 0 aromatic rings. The Morgan fingerprint density at radius 2 is 2.24 bits per heavy atom. The third-order valence-corrected chi connectivity index (χ3v) is 3.03. The van der Waals surface area contributed by atoms with E-state index in [1.54, 1.807) is 11.0 Å². The number of ether oxygens (including phenoxy) is 1. The molecule has 1 amide bonds. The predicted molar refractivity (Wildman–Crippen MR) is 66.8 cm³/mol. The maximum Gasteiger partial charge on any atom is 0.410 e. The second-order valence-electron chi connectivity index (χ2n) is 5.61. The van der Waals surface area contributed by atoms with Gasteiger partial charge in [-0.2, -0.15) is 0 Å². The molecule has 98 valence electrons. The third-order valence-electron chi connectivity index (χ3n) is 3.03. The Hall–Kier alpha value is -1.03. The summed E-state index contributed by atoms with van der Waals surface area (Å²) in [5.74, 6) is 0. The van der Waals surface area contributed by atoms with Crippen LogP contribution in [0.2, 0.25) is 0 Å². The molecule has 4 heteroatoms. The van der Waals surface area contributed by atoms with Crippen molar-refractivity contribution >= 4 is 6.09 Å². The highest BCUT2D eigenvalue weighted by atomic mass is 16.6. The van der Waals surface area contributed by atoms with Crippen molar-refractivity contribution in [3.05, 3.63) is 12.7 Å². The van der Waals surface area contributed by atoms with E-state index in [2.05, 4.69) is 6.58 Å². The average molecular weight is 241 g/mol. The van der Waals surface area contributed by atoms with Gasteiger partial charge in [0, 0.05) is 6.54 Å². The number of carbonyl (C=O) groups excluding carboxylic acids is 1. The van der Waals surface area contributed by atoms with Crippen LogP contribution >= 0.6 is 0 Å². The van der Waals surface area contributed by atoms with Crippen LogP contribution in [0.15, 0.2) is 12.7 Å². The fourth-order valence-corrected chi connectivity index (χ4v) is 2.25. The van der Waals surface area contributed by atoms with Crippen LogP contribution in [0.1, 0.15) is 40.0 Å². The summed E-state index contributed by atoms with van der Waals surface area (Å²) in [6.07, 6.45) is 3.70. The Morgan fingerprint density at radius 1 is 1.59 bits per heavy atom. The Bertz CT molecular complexity index is 296. The van der Waals surface area contributed by atoms with E-state index in [0.717, 1.165) is 12.8 Å². The first-order chi connectivity index (χ1) is 7.84. The first kappa shape index (κ1) is 14.0. The molecule has 1 atom stereocenters. The SMILES string of the molecule is C=CC[C@@]1(CO)CCCN1C(=O)OC(C)(C)C. The lowest BCUT2D eigenvalue weighted by Crippen LogP contribution is -2.51. The van der Waals surface area contributed by atoms with Gasteiger partial charge in [0.05, 0.1) is 12.1 Å². The lowest BCUT2D eigenvalue weighted by Gasteiger charge is -2.37. The van der Waals surface area contributed by atoms with E-state index in [-0.39, 0.29) is 12.7 Å². The van der Waals surface area contributed by atoms with Crippen molar-refractivity contribution in [1.82, 2.24) is 4.90 Å². The highest BCUT2D eigenvalue weighted by Crippen LogP contribution is 2.33. The quantitative estimate of drug-likeness (QED) is 0.771. The van der Waals surface area contributed by atoms with E-state index >= 15 is 0 Å². The summed E-state index contributed by atoms with van der Waals surface area (Å²) in [6, 6.07) is 0. The maximum absolute atomic E-state index is 12.1. The average Bonchev–Trinajstić information content (AvgIpc) is 2.60. The van der Waals surface area contributed by atoms with Gasteiger partial charge in [0.2, 0.25) is 0 Å². The van der Waals surface area contributed by atoms with E-state index < -0.39 is 11.1 Å². The van der Waals surface area contributed by atoms with Crippen molar-refractivity contribution in [3.63, 3.8) is 0 Å². The fraction of sp³-hybridized carbons (Fsp3) is 0.769. The number of carbonyl (C=O) groups is 1. The predicted octanol–water partition coefficient (Wildman–Crippen LogP) is 2.32. The van der Waals surface area contributed by atoms with Crippen LogP contribution in [0.3, 0.4) is 0 Å². The molecular weight excluding hydrogens is 218 g/mol. The first-order valence-corrected chi connectivity index (χ1v) is 6.07. The zero-order chi connectivity index (χ0) is 13.1. The summed E-state index contributed by atoms with van der Waals surface area (Å²) in [4.78, 5) is 13.7. The molecule has 0 saturated carbocycles. The zero-order valence-corrected chi connectivity index (χ0v) is 11.0. The van der Waals surface area contributed by atoms with Crippen LogP contribution in [-0.2, 0) is 4.74 Å². The third kappa shape index (κ3) is 3.22. The van der Waals surface area contributed by atoms with Gasteiger partial charge in [-0.25, -0.2) is 4.79 Å². The molecule has 1 aliphatic heterocycles. The van der Waals surface area contributed by atoms with Crippen LogP contribution in [0.5, 0.6) is 0 Å². The monoisotopic (exact) mass is 241 g/mol. The van der Waals surface area contributed by atoms with Gasteiger partial charge in [-0.05, 0) is 40.0 Å². The Labute approximate surface area is 103 Å². The van der Waals surface area contributed by atoms with Crippen molar-refractivity contribution < 1.29 is 14.6 Å². The van der Waals surface area contributed by atoms with Crippen LogP contribution in [-0.4, -0.2) is 40.4 Å². The molecule has 17 heavy (non-hydrogen) atoms. The number of hydrogen-bond donors (Lipinski definition) is 1. The van der Waals surface area contributed by atoms with Gasteiger partial charge in [0.1, 0.15) is 5.60 Å². The van der Waals surface area contributed by atoms with Gasteiger partial charge in [0.15, 0.2) is 0 Å². The molecule has 1 N–H and O–H groups in total. The second-order valence-corrected chi connectivity index (χ2v) is 5.61. The summed E-state index contributed by atoms with van der Waals surface area (Å²) in [6.45, 7) is 9.82. The molecule has 0 aromatic carbocycles. The minimum Gasteiger partial charge on any atom is -0.444 e. The molecular formula is C13H23NO3. The molecule has 0 aromatic heterocycles.